The highest BCUT2D eigenvalue weighted by Crippen LogP contribution is 2.35. The van der Waals surface area contributed by atoms with Crippen molar-refractivity contribution in [1.29, 1.82) is 0 Å². The second-order valence-electron chi connectivity index (χ2n) is 8.50. The van der Waals surface area contributed by atoms with Gasteiger partial charge in [0.05, 0.1) is 42.7 Å². The maximum absolute atomic E-state index is 13.9. The van der Waals surface area contributed by atoms with E-state index in [9.17, 15) is 14.0 Å². The number of esters is 1. The molecule has 0 aliphatic carbocycles. The largest absolute Gasteiger partial charge is 0.495 e. The first-order valence-corrected chi connectivity index (χ1v) is 14.9. The van der Waals surface area contributed by atoms with Crippen molar-refractivity contribution < 1.29 is 18.7 Å². The van der Waals surface area contributed by atoms with Crippen LogP contribution in [-0.4, -0.2) is 24.3 Å². The predicted molar refractivity (Wildman–Crippen MR) is 166 cm³/mol. The van der Waals surface area contributed by atoms with Gasteiger partial charge in [-0.1, -0.05) is 53.8 Å². The van der Waals surface area contributed by atoms with Crippen LogP contribution >= 0.6 is 56.5 Å². The van der Waals surface area contributed by atoms with E-state index in [0.717, 1.165) is 18.5 Å². The maximum atomic E-state index is 13.9. The predicted octanol–water partition coefficient (Wildman–Crippen LogP) is 5.29. The molecule has 1 aromatic heterocycles. The molecule has 0 saturated heterocycles. The van der Waals surface area contributed by atoms with Crippen molar-refractivity contribution in [3.63, 3.8) is 0 Å². The van der Waals surface area contributed by atoms with Crippen LogP contribution in [0.4, 0.5) is 4.39 Å². The van der Waals surface area contributed by atoms with E-state index in [1.54, 1.807) is 26.2 Å². The van der Waals surface area contributed by atoms with Crippen LogP contribution in [0, 0.1) is 13.0 Å². The van der Waals surface area contributed by atoms with Crippen molar-refractivity contribution in [3.8, 4) is 5.75 Å². The van der Waals surface area contributed by atoms with Gasteiger partial charge in [-0.3, -0.25) is 9.36 Å². The number of ether oxygens (including phenoxy) is 2. The molecule has 39 heavy (non-hydrogen) atoms. The molecule has 0 spiro atoms. The van der Waals surface area contributed by atoms with Gasteiger partial charge in [0.1, 0.15) is 11.6 Å². The van der Waals surface area contributed by atoms with Crippen LogP contribution in [0.15, 0.2) is 82.1 Å². The Hall–Kier alpha value is -2.84. The standard InChI is InChI=1S/C29H21FI2N2O4S/c1-3-38-28(36)23-24(17-7-5-4-6-8-17)33-29-34(25(23)18-9-11-19(30)12-10-18)27(35)22(39-29)15-16-13-20(31)26(37-2)21(32)14-16/h4-15,25H,3H2,1-2H3/b22-15-. The van der Waals surface area contributed by atoms with E-state index in [-0.39, 0.29) is 17.7 Å². The van der Waals surface area contributed by atoms with Crippen molar-refractivity contribution in [2.45, 2.75) is 13.0 Å². The van der Waals surface area contributed by atoms with Crippen molar-refractivity contribution in [3.05, 3.63) is 122 Å². The highest BCUT2D eigenvalue weighted by atomic mass is 127. The average Bonchev–Trinajstić information content (AvgIpc) is 3.23. The zero-order chi connectivity index (χ0) is 27.7. The number of halogens is 3. The van der Waals surface area contributed by atoms with Gasteiger partial charge in [0.15, 0.2) is 4.80 Å². The van der Waals surface area contributed by atoms with Gasteiger partial charge in [-0.2, -0.15) is 0 Å². The number of benzene rings is 3. The smallest absolute Gasteiger partial charge is 0.338 e. The highest BCUT2D eigenvalue weighted by molar-refractivity contribution is 14.1. The van der Waals surface area contributed by atoms with E-state index in [1.165, 1.54) is 28.0 Å². The Morgan fingerprint density at radius 1 is 1.10 bits per heavy atom. The zero-order valence-corrected chi connectivity index (χ0v) is 25.9. The monoisotopic (exact) mass is 766 g/mol. The summed E-state index contributed by atoms with van der Waals surface area (Å²) in [5, 5.41) is 0. The van der Waals surface area contributed by atoms with Crippen molar-refractivity contribution in [2.75, 3.05) is 13.7 Å². The van der Waals surface area contributed by atoms with E-state index in [0.29, 0.717) is 26.2 Å². The zero-order valence-electron chi connectivity index (χ0n) is 20.8. The summed E-state index contributed by atoms with van der Waals surface area (Å²) in [5.74, 6) is -0.222. The summed E-state index contributed by atoms with van der Waals surface area (Å²) in [6.07, 6.45) is 1.81. The fraction of sp³-hybridized carbons (Fsp3) is 0.138. The number of nitrogens with zero attached hydrogens (tertiary/aromatic N) is 2. The third kappa shape index (κ3) is 5.46. The lowest BCUT2D eigenvalue weighted by atomic mass is 9.93. The highest BCUT2D eigenvalue weighted by Gasteiger charge is 2.35. The Balaban J connectivity index is 1.81. The fourth-order valence-corrected chi connectivity index (χ4v) is 7.67. The third-order valence-corrected chi connectivity index (χ3v) is 8.67. The van der Waals surface area contributed by atoms with Crippen LogP contribution in [0.25, 0.3) is 11.8 Å². The van der Waals surface area contributed by atoms with E-state index in [4.69, 9.17) is 14.5 Å². The van der Waals surface area contributed by atoms with Crippen molar-refractivity contribution in [2.24, 2.45) is 4.99 Å². The number of carbonyl (C=O) groups excluding carboxylic acids is 1. The van der Waals surface area contributed by atoms with Crippen molar-refractivity contribution in [1.82, 2.24) is 4.57 Å². The first-order chi connectivity index (χ1) is 18.8. The Morgan fingerprint density at radius 2 is 1.77 bits per heavy atom. The minimum Gasteiger partial charge on any atom is -0.495 e. The number of carbonyl (C=O) groups is 1. The second-order valence-corrected chi connectivity index (χ2v) is 11.8. The molecule has 0 bridgehead atoms. The molecule has 0 saturated carbocycles. The van der Waals surface area contributed by atoms with Gasteiger partial charge in [-0.25, -0.2) is 14.2 Å². The van der Waals surface area contributed by atoms with Crippen LogP contribution in [0.1, 0.15) is 29.7 Å². The number of thiazole rings is 1. The molecule has 0 fully saturated rings. The molecule has 1 aliphatic heterocycles. The van der Waals surface area contributed by atoms with Gasteiger partial charge < -0.3 is 9.47 Å². The summed E-state index contributed by atoms with van der Waals surface area (Å²) in [4.78, 5) is 32.6. The number of fused-ring (bicyclic) bond motifs is 1. The number of aromatic nitrogens is 1. The van der Waals surface area contributed by atoms with E-state index < -0.39 is 17.8 Å². The van der Waals surface area contributed by atoms with E-state index in [1.807, 2.05) is 48.5 Å². The van der Waals surface area contributed by atoms with Crippen LogP contribution < -0.4 is 19.6 Å². The van der Waals surface area contributed by atoms with Gasteiger partial charge in [0.2, 0.25) is 0 Å². The number of rotatable bonds is 6. The van der Waals surface area contributed by atoms with Crippen LogP contribution in [0.3, 0.4) is 0 Å². The first-order valence-electron chi connectivity index (χ1n) is 11.9. The topological polar surface area (TPSA) is 69.9 Å². The summed E-state index contributed by atoms with van der Waals surface area (Å²) in [6, 6.07) is 18.1. The molecule has 10 heteroatoms. The van der Waals surface area contributed by atoms with Gasteiger partial charge in [-0.05, 0) is 93.6 Å². The Morgan fingerprint density at radius 3 is 2.38 bits per heavy atom. The third-order valence-electron chi connectivity index (χ3n) is 6.08. The molecule has 3 aromatic carbocycles. The Labute approximate surface area is 254 Å². The summed E-state index contributed by atoms with van der Waals surface area (Å²) in [7, 11) is 1.62. The molecular formula is C29H21FI2N2O4S. The quantitative estimate of drug-likeness (QED) is 0.198. The minimum absolute atomic E-state index is 0.152. The van der Waals surface area contributed by atoms with Crippen molar-refractivity contribution >= 4 is 74.3 Å². The summed E-state index contributed by atoms with van der Waals surface area (Å²) in [6.45, 7) is 1.88. The SMILES string of the molecule is CCOC(=O)C1=C(c2ccccc2)N=c2s/c(=C\c3cc(I)c(OC)c(I)c3)c(=O)n2C1c1ccc(F)cc1. The van der Waals surface area contributed by atoms with Gasteiger partial charge >= 0.3 is 5.97 Å². The van der Waals surface area contributed by atoms with Crippen LogP contribution in [0.5, 0.6) is 5.75 Å². The normalized spacial score (nSPS) is 15.1. The van der Waals surface area contributed by atoms with Gasteiger partial charge in [-0.15, -0.1) is 0 Å². The number of methoxy groups -OCH3 is 1. The molecule has 4 aromatic rings. The lowest BCUT2D eigenvalue weighted by molar-refractivity contribution is -0.138. The number of hydrogen-bond acceptors (Lipinski definition) is 6. The molecule has 0 N–H and O–H groups in total. The summed E-state index contributed by atoms with van der Waals surface area (Å²) in [5.41, 5.74) is 2.46. The van der Waals surface area contributed by atoms with Crippen LogP contribution in [0.2, 0.25) is 0 Å². The molecule has 0 amide bonds. The fourth-order valence-electron chi connectivity index (χ4n) is 4.41. The van der Waals surface area contributed by atoms with Gasteiger partial charge in [0, 0.05) is 5.56 Å². The lowest BCUT2D eigenvalue weighted by Crippen LogP contribution is -2.40. The molecule has 5 rings (SSSR count). The second kappa shape index (κ2) is 11.7. The van der Waals surface area contributed by atoms with Gasteiger partial charge in [0.25, 0.3) is 5.56 Å². The maximum Gasteiger partial charge on any atom is 0.338 e. The lowest BCUT2D eigenvalue weighted by Gasteiger charge is -2.25. The molecule has 198 valence electrons. The Bertz CT molecular complexity index is 1760. The molecule has 1 unspecified atom stereocenters. The molecule has 1 atom stereocenters. The summed E-state index contributed by atoms with van der Waals surface area (Å²) >= 11 is 5.64. The average molecular weight is 766 g/mol. The molecule has 1 aliphatic rings. The summed E-state index contributed by atoms with van der Waals surface area (Å²) < 4.78 is 28.6. The molecule has 2 heterocycles. The van der Waals surface area contributed by atoms with E-state index >= 15 is 0 Å². The molecular weight excluding hydrogens is 745 g/mol. The molecule has 6 nitrogen and oxygen atoms in total. The van der Waals surface area contributed by atoms with Crippen LogP contribution in [-0.2, 0) is 9.53 Å². The minimum atomic E-state index is -0.852. The first kappa shape index (κ1) is 27.7. The Kier molecular flexibility index (Phi) is 8.33. The molecule has 0 radical (unpaired) electrons. The number of hydrogen-bond donors (Lipinski definition) is 0. The van der Waals surface area contributed by atoms with E-state index in [2.05, 4.69) is 45.2 Å².